The number of morpholine rings is 1. The van der Waals surface area contributed by atoms with Gasteiger partial charge in [-0.2, -0.15) is 0 Å². The molecule has 0 spiro atoms. The third kappa shape index (κ3) is 3.09. The van der Waals surface area contributed by atoms with Crippen molar-refractivity contribution in [2.75, 3.05) is 19.7 Å². The number of carbonyl (C=O) groups is 1. The third-order valence-electron chi connectivity index (χ3n) is 4.59. The van der Waals surface area contributed by atoms with E-state index in [4.69, 9.17) is 15.2 Å². The number of rotatable bonds is 2. The fraction of sp³-hybridized carbons (Fsp3) is 0.933. The molecule has 1 aliphatic heterocycles. The molecular formula is C15H28N2O3. The molecule has 116 valence electrons. The summed E-state index contributed by atoms with van der Waals surface area (Å²) in [7, 11) is 0. The molecule has 2 N–H and O–H groups in total. The first-order chi connectivity index (χ1) is 9.05. The second-order valence-corrected chi connectivity index (χ2v) is 7.66. The molecule has 1 heterocycles. The van der Waals surface area contributed by atoms with Gasteiger partial charge in [0.2, 0.25) is 0 Å². The van der Waals surface area contributed by atoms with E-state index in [-0.39, 0.29) is 23.2 Å². The Morgan fingerprint density at radius 2 is 1.90 bits per heavy atom. The van der Waals surface area contributed by atoms with Crippen molar-refractivity contribution >= 4 is 6.09 Å². The maximum Gasteiger partial charge on any atom is 0.410 e. The Morgan fingerprint density at radius 3 is 2.40 bits per heavy atom. The van der Waals surface area contributed by atoms with Crippen LogP contribution in [0, 0.1) is 5.41 Å². The Bertz CT molecular complexity index is 383. The van der Waals surface area contributed by atoms with Crippen molar-refractivity contribution in [1.29, 1.82) is 0 Å². The van der Waals surface area contributed by atoms with Gasteiger partial charge in [-0.25, -0.2) is 4.79 Å². The molecule has 1 aliphatic carbocycles. The van der Waals surface area contributed by atoms with E-state index >= 15 is 0 Å². The van der Waals surface area contributed by atoms with Gasteiger partial charge in [-0.15, -0.1) is 0 Å². The van der Waals surface area contributed by atoms with E-state index < -0.39 is 5.60 Å². The number of hydrogen-bond acceptors (Lipinski definition) is 4. The lowest BCUT2D eigenvalue weighted by molar-refractivity contribution is -0.0964. The molecule has 1 atom stereocenters. The lowest BCUT2D eigenvalue weighted by atomic mass is 9.76. The zero-order chi connectivity index (χ0) is 15.2. The minimum Gasteiger partial charge on any atom is -0.444 e. The molecule has 5 nitrogen and oxygen atoms in total. The first-order valence-electron chi connectivity index (χ1n) is 7.44. The minimum atomic E-state index is -0.466. The molecule has 0 bridgehead atoms. The van der Waals surface area contributed by atoms with E-state index in [0.717, 1.165) is 12.8 Å². The molecule has 0 radical (unpaired) electrons. The van der Waals surface area contributed by atoms with Gasteiger partial charge in [-0.1, -0.05) is 13.8 Å². The number of hydrogen-bond donors (Lipinski definition) is 1. The molecule has 2 fully saturated rings. The second-order valence-electron chi connectivity index (χ2n) is 7.66. The van der Waals surface area contributed by atoms with Crippen molar-refractivity contribution in [3.8, 4) is 0 Å². The highest BCUT2D eigenvalue weighted by Gasteiger charge is 2.56. The smallest absolute Gasteiger partial charge is 0.410 e. The van der Waals surface area contributed by atoms with Gasteiger partial charge in [-0.05, 0) is 33.6 Å². The van der Waals surface area contributed by atoms with Crippen LogP contribution in [0.3, 0.4) is 0 Å². The van der Waals surface area contributed by atoms with Gasteiger partial charge in [0, 0.05) is 17.5 Å². The molecule has 0 aromatic carbocycles. The Kier molecular flexibility index (Phi) is 3.80. The monoisotopic (exact) mass is 284 g/mol. The van der Waals surface area contributed by atoms with Crippen molar-refractivity contribution in [2.24, 2.45) is 11.1 Å². The summed E-state index contributed by atoms with van der Waals surface area (Å²) in [5, 5.41) is 0. The lowest BCUT2D eigenvalue weighted by Gasteiger charge is -2.44. The number of amides is 1. The zero-order valence-corrected chi connectivity index (χ0v) is 13.4. The van der Waals surface area contributed by atoms with Crippen LogP contribution in [0.2, 0.25) is 0 Å². The van der Waals surface area contributed by atoms with Crippen molar-refractivity contribution in [3.63, 3.8) is 0 Å². The predicted octanol–water partition coefficient (Wildman–Crippen LogP) is 2.14. The number of ether oxygens (including phenoxy) is 2. The van der Waals surface area contributed by atoms with Crippen LogP contribution in [0.5, 0.6) is 0 Å². The number of carbonyl (C=O) groups excluding carboxylic acids is 1. The summed E-state index contributed by atoms with van der Waals surface area (Å²) in [4.78, 5) is 13.9. The average molecular weight is 284 g/mol. The Morgan fingerprint density at radius 1 is 1.30 bits per heavy atom. The zero-order valence-electron chi connectivity index (χ0n) is 13.4. The van der Waals surface area contributed by atoms with Gasteiger partial charge in [0.05, 0.1) is 19.3 Å². The van der Waals surface area contributed by atoms with Crippen LogP contribution in [0.15, 0.2) is 0 Å². The van der Waals surface area contributed by atoms with E-state index in [2.05, 4.69) is 13.8 Å². The molecule has 0 aromatic rings. The lowest BCUT2D eigenvalue weighted by Crippen LogP contribution is -2.57. The van der Waals surface area contributed by atoms with Crippen molar-refractivity contribution < 1.29 is 14.3 Å². The maximum absolute atomic E-state index is 12.2. The van der Waals surface area contributed by atoms with Crippen molar-refractivity contribution in [1.82, 2.24) is 4.90 Å². The molecule has 1 saturated carbocycles. The molecule has 1 unspecified atom stereocenters. The van der Waals surface area contributed by atoms with Gasteiger partial charge in [0.15, 0.2) is 0 Å². The number of nitrogens with two attached hydrogens (primary N) is 1. The largest absolute Gasteiger partial charge is 0.444 e. The van der Waals surface area contributed by atoms with Gasteiger partial charge in [0.1, 0.15) is 5.60 Å². The topological polar surface area (TPSA) is 64.8 Å². The average Bonchev–Trinajstić information content (AvgIpc) is 3.07. The molecule has 1 saturated heterocycles. The predicted molar refractivity (Wildman–Crippen MR) is 77.5 cm³/mol. The minimum absolute atomic E-state index is 0.0312. The third-order valence-corrected chi connectivity index (χ3v) is 4.59. The highest BCUT2D eigenvalue weighted by atomic mass is 16.6. The quantitative estimate of drug-likeness (QED) is 0.843. The van der Waals surface area contributed by atoms with Crippen LogP contribution in [0.25, 0.3) is 0 Å². The van der Waals surface area contributed by atoms with Crippen molar-refractivity contribution in [3.05, 3.63) is 0 Å². The fourth-order valence-corrected chi connectivity index (χ4v) is 2.68. The highest BCUT2D eigenvalue weighted by Crippen LogP contribution is 2.50. The van der Waals surface area contributed by atoms with Gasteiger partial charge in [-0.3, -0.25) is 0 Å². The number of nitrogens with zero attached hydrogens (tertiary/aromatic N) is 1. The van der Waals surface area contributed by atoms with E-state index in [0.29, 0.717) is 19.7 Å². The van der Waals surface area contributed by atoms with Crippen LogP contribution in [-0.4, -0.2) is 47.9 Å². The molecule has 20 heavy (non-hydrogen) atoms. The summed E-state index contributed by atoms with van der Waals surface area (Å²) in [5.74, 6) is 0. The first kappa shape index (κ1) is 15.6. The van der Waals surface area contributed by atoms with Crippen LogP contribution in [0.1, 0.15) is 47.5 Å². The first-order valence-corrected chi connectivity index (χ1v) is 7.44. The van der Waals surface area contributed by atoms with Crippen LogP contribution < -0.4 is 5.73 Å². The second kappa shape index (κ2) is 4.88. The molecule has 5 heteroatoms. The molecule has 2 rings (SSSR count). The van der Waals surface area contributed by atoms with Gasteiger partial charge < -0.3 is 20.1 Å². The summed E-state index contributed by atoms with van der Waals surface area (Å²) in [6.45, 7) is 11.6. The standard InChI is InChI=1S/C15H28N2O3/c1-13(2,3)20-12(18)17-8-9-19-11(10-17)14(4,5)15(16)6-7-15/h11H,6-10,16H2,1-5H3. The van der Waals surface area contributed by atoms with Crippen LogP contribution in [-0.2, 0) is 9.47 Å². The van der Waals surface area contributed by atoms with E-state index in [1.165, 1.54) is 0 Å². The summed E-state index contributed by atoms with van der Waals surface area (Å²) < 4.78 is 11.3. The Balaban J connectivity index is 2.00. The van der Waals surface area contributed by atoms with Crippen LogP contribution >= 0.6 is 0 Å². The summed E-state index contributed by atoms with van der Waals surface area (Å²) in [5.41, 5.74) is 5.62. The van der Waals surface area contributed by atoms with Gasteiger partial charge in [0.25, 0.3) is 0 Å². The van der Waals surface area contributed by atoms with E-state index in [1.54, 1.807) is 4.90 Å². The molecular weight excluding hydrogens is 256 g/mol. The Hall–Kier alpha value is -0.810. The van der Waals surface area contributed by atoms with E-state index in [9.17, 15) is 4.79 Å². The van der Waals surface area contributed by atoms with Gasteiger partial charge >= 0.3 is 6.09 Å². The molecule has 1 amide bonds. The summed E-state index contributed by atoms with van der Waals surface area (Å²) in [6.07, 6.45) is 1.78. The highest BCUT2D eigenvalue weighted by molar-refractivity contribution is 5.68. The van der Waals surface area contributed by atoms with Crippen LogP contribution in [0.4, 0.5) is 4.79 Å². The summed E-state index contributed by atoms with van der Waals surface area (Å²) >= 11 is 0. The summed E-state index contributed by atoms with van der Waals surface area (Å²) in [6, 6.07) is 0. The maximum atomic E-state index is 12.2. The Labute approximate surface area is 121 Å². The SMILES string of the molecule is CC(C)(C)OC(=O)N1CCOC(C(C)(C)C2(N)CC2)C1. The molecule has 2 aliphatic rings. The van der Waals surface area contributed by atoms with E-state index in [1.807, 2.05) is 20.8 Å². The fourth-order valence-electron chi connectivity index (χ4n) is 2.68. The van der Waals surface area contributed by atoms with Crippen molar-refractivity contribution in [2.45, 2.75) is 64.7 Å². The molecule has 0 aromatic heterocycles. The normalized spacial score (nSPS) is 26.3.